The lowest BCUT2D eigenvalue weighted by Crippen LogP contribution is -2.23. The van der Waals surface area contributed by atoms with Gasteiger partial charge in [-0.2, -0.15) is 0 Å². The molecule has 0 radical (unpaired) electrons. The first kappa shape index (κ1) is 14.4. The van der Waals surface area contributed by atoms with Crippen LogP contribution in [0.15, 0.2) is 36.4 Å². The molecule has 1 atom stereocenters. The van der Waals surface area contributed by atoms with E-state index >= 15 is 0 Å². The first-order chi connectivity index (χ1) is 10.3. The Labute approximate surface area is 125 Å². The number of ether oxygens (including phenoxy) is 1. The van der Waals surface area contributed by atoms with Gasteiger partial charge in [-0.25, -0.2) is 0 Å². The molecule has 3 heteroatoms. The van der Waals surface area contributed by atoms with Crippen LogP contribution in [0.25, 0.3) is 10.8 Å². The van der Waals surface area contributed by atoms with Gasteiger partial charge in [0.2, 0.25) is 0 Å². The zero-order valence-electron chi connectivity index (χ0n) is 12.5. The van der Waals surface area contributed by atoms with Crippen LogP contribution >= 0.6 is 0 Å². The summed E-state index contributed by atoms with van der Waals surface area (Å²) in [5.74, 6) is 1.19. The van der Waals surface area contributed by atoms with E-state index in [9.17, 15) is 5.11 Å². The SMILES string of the molecule is CC(NCCOCC1CC1)c1ccc2ccccc2c1O. The molecule has 2 aromatic rings. The molecule has 112 valence electrons. The average molecular weight is 285 g/mol. The number of phenols is 1. The van der Waals surface area contributed by atoms with Crippen molar-refractivity contribution < 1.29 is 9.84 Å². The van der Waals surface area contributed by atoms with Gasteiger partial charge in [-0.1, -0.05) is 36.4 Å². The van der Waals surface area contributed by atoms with Crippen LogP contribution in [-0.4, -0.2) is 24.9 Å². The highest BCUT2D eigenvalue weighted by atomic mass is 16.5. The fourth-order valence-corrected chi connectivity index (χ4v) is 2.61. The van der Waals surface area contributed by atoms with Gasteiger partial charge >= 0.3 is 0 Å². The van der Waals surface area contributed by atoms with E-state index < -0.39 is 0 Å². The third kappa shape index (κ3) is 3.55. The van der Waals surface area contributed by atoms with Crippen molar-refractivity contribution in [2.24, 2.45) is 5.92 Å². The Balaban J connectivity index is 1.58. The third-order valence-electron chi connectivity index (χ3n) is 4.15. The van der Waals surface area contributed by atoms with Gasteiger partial charge in [-0.3, -0.25) is 0 Å². The van der Waals surface area contributed by atoms with Crippen molar-refractivity contribution in [3.63, 3.8) is 0 Å². The van der Waals surface area contributed by atoms with Crippen molar-refractivity contribution in [2.45, 2.75) is 25.8 Å². The molecule has 3 nitrogen and oxygen atoms in total. The summed E-state index contributed by atoms with van der Waals surface area (Å²) in [6.45, 7) is 4.51. The molecule has 0 saturated heterocycles. The van der Waals surface area contributed by atoms with E-state index in [1.54, 1.807) is 0 Å². The summed E-state index contributed by atoms with van der Waals surface area (Å²) >= 11 is 0. The van der Waals surface area contributed by atoms with Gasteiger partial charge in [-0.05, 0) is 31.1 Å². The maximum absolute atomic E-state index is 10.4. The van der Waals surface area contributed by atoms with Crippen LogP contribution in [0.3, 0.4) is 0 Å². The fourth-order valence-electron chi connectivity index (χ4n) is 2.61. The lowest BCUT2D eigenvalue weighted by molar-refractivity contribution is 0.124. The van der Waals surface area contributed by atoms with Gasteiger partial charge in [0.05, 0.1) is 6.61 Å². The normalized spacial score (nSPS) is 16.2. The quantitative estimate of drug-likeness (QED) is 0.763. The van der Waals surface area contributed by atoms with Crippen LogP contribution in [0.2, 0.25) is 0 Å². The summed E-state index contributed by atoms with van der Waals surface area (Å²) in [4.78, 5) is 0. The number of hydrogen-bond acceptors (Lipinski definition) is 3. The van der Waals surface area contributed by atoms with Crippen molar-refractivity contribution in [1.82, 2.24) is 5.32 Å². The zero-order valence-corrected chi connectivity index (χ0v) is 12.5. The van der Waals surface area contributed by atoms with Crippen molar-refractivity contribution in [2.75, 3.05) is 19.8 Å². The second kappa shape index (κ2) is 6.46. The van der Waals surface area contributed by atoms with Gasteiger partial charge in [0.25, 0.3) is 0 Å². The minimum atomic E-state index is 0.110. The minimum Gasteiger partial charge on any atom is -0.507 e. The van der Waals surface area contributed by atoms with Crippen LogP contribution in [-0.2, 0) is 4.74 Å². The van der Waals surface area contributed by atoms with Crippen LogP contribution in [0.4, 0.5) is 0 Å². The summed E-state index contributed by atoms with van der Waals surface area (Å²) in [7, 11) is 0. The minimum absolute atomic E-state index is 0.110. The largest absolute Gasteiger partial charge is 0.507 e. The Morgan fingerprint density at radius 1 is 1.24 bits per heavy atom. The highest BCUT2D eigenvalue weighted by Gasteiger charge is 2.21. The molecule has 0 bridgehead atoms. The van der Waals surface area contributed by atoms with Gasteiger partial charge in [0.15, 0.2) is 0 Å². The Bertz CT molecular complexity index is 607. The highest BCUT2D eigenvalue weighted by Crippen LogP contribution is 2.32. The predicted molar refractivity (Wildman–Crippen MR) is 85.6 cm³/mol. The Hall–Kier alpha value is -1.58. The molecule has 0 amide bonds. The zero-order chi connectivity index (χ0) is 14.7. The maximum atomic E-state index is 10.4. The molecule has 0 aromatic heterocycles. The Kier molecular flexibility index (Phi) is 4.42. The lowest BCUT2D eigenvalue weighted by atomic mass is 10.0. The van der Waals surface area contributed by atoms with Gasteiger partial charge < -0.3 is 15.2 Å². The first-order valence-electron chi connectivity index (χ1n) is 7.77. The van der Waals surface area contributed by atoms with Crippen molar-refractivity contribution in [1.29, 1.82) is 0 Å². The monoisotopic (exact) mass is 285 g/mol. The average Bonchev–Trinajstić information content (AvgIpc) is 3.31. The number of rotatable bonds is 7. The van der Waals surface area contributed by atoms with Crippen molar-refractivity contribution >= 4 is 10.8 Å². The van der Waals surface area contributed by atoms with Gasteiger partial charge in [0, 0.05) is 30.1 Å². The Morgan fingerprint density at radius 3 is 2.86 bits per heavy atom. The summed E-state index contributed by atoms with van der Waals surface area (Å²) in [5.41, 5.74) is 0.941. The smallest absolute Gasteiger partial charge is 0.128 e. The molecule has 2 N–H and O–H groups in total. The molecular formula is C18H23NO2. The molecule has 3 rings (SSSR count). The first-order valence-corrected chi connectivity index (χ1v) is 7.77. The van der Waals surface area contributed by atoms with Gasteiger partial charge in [-0.15, -0.1) is 0 Å². The summed E-state index contributed by atoms with van der Waals surface area (Å²) in [5, 5.41) is 15.8. The standard InChI is InChI=1S/C18H23NO2/c1-13(19-10-11-21-12-14-6-7-14)16-9-8-15-4-2-3-5-17(15)18(16)20/h2-5,8-9,13-14,19-20H,6-7,10-12H2,1H3. The predicted octanol–water partition coefficient (Wildman–Crippen LogP) is 3.62. The number of phenolic OH excluding ortho intramolecular Hbond substituents is 1. The Morgan fingerprint density at radius 2 is 2.05 bits per heavy atom. The molecule has 0 aliphatic heterocycles. The van der Waals surface area contributed by atoms with E-state index in [2.05, 4.69) is 18.3 Å². The van der Waals surface area contributed by atoms with E-state index in [0.717, 1.165) is 42.0 Å². The molecule has 0 heterocycles. The molecule has 1 aliphatic carbocycles. The highest BCUT2D eigenvalue weighted by molar-refractivity contribution is 5.89. The number of nitrogens with one attached hydrogen (secondary N) is 1. The summed E-state index contributed by atoms with van der Waals surface area (Å²) < 4.78 is 5.62. The molecule has 2 aromatic carbocycles. The third-order valence-corrected chi connectivity index (χ3v) is 4.15. The van der Waals surface area contributed by atoms with Crippen LogP contribution < -0.4 is 5.32 Å². The van der Waals surface area contributed by atoms with Gasteiger partial charge in [0.1, 0.15) is 5.75 Å². The van der Waals surface area contributed by atoms with Crippen molar-refractivity contribution in [3.05, 3.63) is 42.0 Å². The van der Waals surface area contributed by atoms with E-state index in [1.165, 1.54) is 12.8 Å². The number of benzene rings is 2. The van der Waals surface area contributed by atoms with E-state index in [1.807, 2.05) is 30.3 Å². The topological polar surface area (TPSA) is 41.5 Å². The number of aromatic hydroxyl groups is 1. The maximum Gasteiger partial charge on any atom is 0.128 e. The van der Waals surface area contributed by atoms with Crippen molar-refractivity contribution in [3.8, 4) is 5.75 Å². The molecule has 1 aliphatic rings. The molecular weight excluding hydrogens is 262 g/mol. The van der Waals surface area contributed by atoms with E-state index in [-0.39, 0.29) is 6.04 Å². The number of hydrogen-bond donors (Lipinski definition) is 2. The summed E-state index contributed by atoms with van der Waals surface area (Å²) in [6, 6.07) is 12.1. The second-order valence-electron chi connectivity index (χ2n) is 5.92. The fraction of sp³-hybridized carbons (Fsp3) is 0.444. The molecule has 1 saturated carbocycles. The molecule has 1 fully saturated rings. The van der Waals surface area contributed by atoms with E-state index in [4.69, 9.17) is 4.74 Å². The summed E-state index contributed by atoms with van der Waals surface area (Å²) in [6.07, 6.45) is 2.66. The van der Waals surface area contributed by atoms with Crippen LogP contribution in [0.1, 0.15) is 31.4 Å². The lowest BCUT2D eigenvalue weighted by Gasteiger charge is -2.17. The molecule has 21 heavy (non-hydrogen) atoms. The molecule has 0 spiro atoms. The van der Waals surface area contributed by atoms with Crippen LogP contribution in [0, 0.1) is 5.92 Å². The second-order valence-corrected chi connectivity index (χ2v) is 5.92. The van der Waals surface area contributed by atoms with E-state index in [0.29, 0.717) is 5.75 Å². The van der Waals surface area contributed by atoms with Crippen LogP contribution in [0.5, 0.6) is 5.75 Å². The molecule has 1 unspecified atom stereocenters. The number of fused-ring (bicyclic) bond motifs is 1.